The number of methoxy groups -OCH3 is 1. The van der Waals surface area contributed by atoms with Crippen LogP contribution in [0.5, 0.6) is 0 Å². The number of aromatic nitrogens is 2. The van der Waals surface area contributed by atoms with E-state index in [0.717, 1.165) is 43.7 Å². The molecular formula is C15H28N4O. The quantitative estimate of drug-likeness (QED) is 0.776. The maximum absolute atomic E-state index is 5.07. The molecule has 114 valence electrons. The highest BCUT2D eigenvalue weighted by molar-refractivity contribution is 5.28. The Morgan fingerprint density at radius 1 is 1.40 bits per heavy atom. The second-order valence-electron chi connectivity index (χ2n) is 5.88. The Kier molecular flexibility index (Phi) is 5.86. The topological polar surface area (TPSA) is 42.3 Å². The summed E-state index contributed by atoms with van der Waals surface area (Å²) >= 11 is 0. The van der Waals surface area contributed by atoms with Gasteiger partial charge in [-0.1, -0.05) is 0 Å². The van der Waals surface area contributed by atoms with E-state index in [4.69, 9.17) is 4.74 Å². The zero-order valence-corrected chi connectivity index (χ0v) is 13.1. The van der Waals surface area contributed by atoms with E-state index in [-0.39, 0.29) is 0 Å². The molecule has 0 saturated carbocycles. The van der Waals surface area contributed by atoms with Gasteiger partial charge >= 0.3 is 0 Å². The molecule has 2 heterocycles. The Bertz CT molecular complexity index is 397. The fourth-order valence-electron chi connectivity index (χ4n) is 2.77. The molecule has 2 rings (SSSR count). The lowest BCUT2D eigenvalue weighted by atomic mass is 9.97. The molecule has 0 aromatic carbocycles. The molecule has 0 spiro atoms. The number of hydrogen-bond acceptors (Lipinski definition) is 4. The molecule has 0 radical (unpaired) electrons. The van der Waals surface area contributed by atoms with Crippen LogP contribution in [0, 0.1) is 12.8 Å². The molecule has 1 aromatic rings. The summed E-state index contributed by atoms with van der Waals surface area (Å²) in [6.45, 7) is 7.29. The zero-order chi connectivity index (χ0) is 14.4. The van der Waals surface area contributed by atoms with Crippen LogP contribution >= 0.6 is 0 Å². The van der Waals surface area contributed by atoms with E-state index in [1.54, 1.807) is 7.11 Å². The molecule has 1 aliphatic rings. The summed E-state index contributed by atoms with van der Waals surface area (Å²) in [6.07, 6.45) is 5.75. The normalized spacial score (nSPS) is 17.6. The van der Waals surface area contributed by atoms with Gasteiger partial charge in [-0.05, 0) is 52.2 Å². The maximum Gasteiger partial charge on any atom is 0.203 e. The molecule has 1 saturated heterocycles. The van der Waals surface area contributed by atoms with E-state index >= 15 is 0 Å². The van der Waals surface area contributed by atoms with Gasteiger partial charge in [0.25, 0.3) is 0 Å². The summed E-state index contributed by atoms with van der Waals surface area (Å²) in [4.78, 5) is 7.01. The van der Waals surface area contributed by atoms with Crippen molar-refractivity contribution in [3.05, 3.63) is 11.9 Å². The van der Waals surface area contributed by atoms with Crippen molar-refractivity contribution in [2.45, 2.75) is 32.7 Å². The van der Waals surface area contributed by atoms with Gasteiger partial charge in [-0.25, -0.2) is 4.98 Å². The SMILES string of the molecule is COCCCNc1nc(C)cn1CC1CCN(C)CC1. The summed E-state index contributed by atoms with van der Waals surface area (Å²) in [5.74, 6) is 1.79. The van der Waals surface area contributed by atoms with Crippen molar-refractivity contribution in [2.24, 2.45) is 5.92 Å². The first kappa shape index (κ1) is 15.3. The smallest absolute Gasteiger partial charge is 0.203 e. The molecule has 1 fully saturated rings. The summed E-state index contributed by atoms with van der Waals surface area (Å²) in [7, 11) is 3.95. The molecule has 0 amide bonds. The van der Waals surface area contributed by atoms with Crippen molar-refractivity contribution in [3.63, 3.8) is 0 Å². The lowest BCUT2D eigenvalue weighted by molar-refractivity contribution is 0.197. The van der Waals surface area contributed by atoms with E-state index in [9.17, 15) is 0 Å². The van der Waals surface area contributed by atoms with Crippen molar-refractivity contribution in [1.29, 1.82) is 0 Å². The Hall–Kier alpha value is -1.07. The number of imidazole rings is 1. The predicted molar refractivity (Wildman–Crippen MR) is 82.2 cm³/mol. The third kappa shape index (κ3) is 4.49. The second-order valence-corrected chi connectivity index (χ2v) is 5.88. The maximum atomic E-state index is 5.07. The number of piperidine rings is 1. The highest BCUT2D eigenvalue weighted by Gasteiger charge is 2.18. The van der Waals surface area contributed by atoms with Crippen molar-refractivity contribution in [1.82, 2.24) is 14.5 Å². The molecule has 0 bridgehead atoms. The number of nitrogens with zero attached hydrogens (tertiary/aromatic N) is 3. The van der Waals surface area contributed by atoms with Crippen LogP contribution in [0.1, 0.15) is 25.0 Å². The van der Waals surface area contributed by atoms with Gasteiger partial charge < -0.3 is 19.5 Å². The first-order chi connectivity index (χ1) is 9.69. The Morgan fingerprint density at radius 3 is 2.85 bits per heavy atom. The van der Waals surface area contributed by atoms with Crippen molar-refractivity contribution in [2.75, 3.05) is 45.7 Å². The van der Waals surface area contributed by atoms with Gasteiger partial charge in [0.1, 0.15) is 0 Å². The molecule has 1 aliphatic heterocycles. The van der Waals surface area contributed by atoms with Crippen LogP contribution in [0.15, 0.2) is 6.20 Å². The zero-order valence-electron chi connectivity index (χ0n) is 13.1. The van der Waals surface area contributed by atoms with Gasteiger partial charge in [-0.2, -0.15) is 0 Å². The fourth-order valence-corrected chi connectivity index (χ4v) is 2.77. The molecule has 1 N–H and O–H groups in total. The van der Waals surface area contributed by atoms with Gasteiger partial charge in [0.05, 0.1) is 5.69 Å². The van der Waals surface area contributed by atoms with Crippen molar-refractivity contribution >= 4 is 5.95 Å². The van der Waals surface area contributed by atoms with Crippen LogP contribution in [0.4, 0.5) is 5.95 Å². The Morgan fingerprint density at radius 2 is 2.15 bits per heavy atom. The first-order valence-electron chi connectivity index (χ1n) is 7.64. The summed E-state index contributed by atoms with van der Waals surface area (Å²) in [5, 5.41) is 3.43. The fraction of sp³-hybridized carbons (Fsp3) is 0.800. The van der Waals surface area contributed by atoms with Gasteiger partial charge in [0.2, 0.25) is 5.95 Å². The minimum atomic E-state index is 0.777. The number of likely N-dealkylation sites (tertiary alicyclic amines) is 1. The Labute approximate surface area is 122 Å². The van der Waals surface area contributed by atoms with Crippen LogP contribution in [-0.2, 0) is 11.3 Å². The average molecular weight is 280 g/mol. The van der Waals surface area contributed by atoms with Gasteiger partial charge in [0.15, 0.2) is 0 Å². The minimum absolute atomic E-state index is 0.777. The number of aryl methyl sites for hydroxylation is 1. The monoisotopic (exact) mass is 280 g/mol. The third-order valence-electron chi connectivity index (χ3n) is 4.00. The Balaban J connectivity index is 1.86. The molecule has 1 aromatic heterocycles. The van der Waals surface area contributed by atoms with Gasteiger partial charge in [-0.15, -0.1) is 0 Å². The molecule has 0 unspecified atom stereocenters. The molecule has 5 heteroatoms. The lowest BCUT2D eigenvalue weighted by Gasteiger charge is -2.29. The van der Waals surface area contributed by atoms with Gasteiger partial charge in [-0.3, -0.25) is 0 Å². The molecule has 0 aliphatic carbocycles. The standard InChI is InChI=1S/C15H28N4O/c1-13-11-19(12-14-5-8-18(2)9-6-14)15(17-13)16-7-4-10-20-3/h11,14H,4-10,12H2,1-3H3,(H,16,17). The highest BCUT2D eigenvalue weighted by Crippen LogP contribution is 2.20. The first-order valence-corrected chi connectivity index (χ1v) is 7.64. The van der Waals surface area contributed by atoms with E-state index in [0.29, 0.717) is 0 Å². The van der Waals surface area contributed by atoms with E-state index in [2.05, 4.69) is 39.9 Å². The highest BCUT2D eigenvalue weighted by atomic mass is 16.5. The number of hydrogen-bond donors (Lipinski definition) is 1. The predicted octanol–water partition coefficient (Wildman–Crippen LogP) is 1.98. The lowest BCUT2D eigenvalue weighted by Crippen LogP contribution is -2.32. The van der Waals surface area contributed by atoms with Crippen LogP contribution in [-0.4, -0.2) is 54.8 Å². The van der Waals surface area contributed by atoms with Crippen molar-refractivity contribution < 1.29 is 4.74 Å². The van der Waals surface area contributed by atoms with Crippen LogP contribution in [0.2, 0.25) is 0 Å². The van der Waals surface area contributed by atoms with E-state index in [1.807, 2.05) is 0 Å². The van der Waals surface area contributed by atoms with Crippen molar-refractivity contribution in [3.8, 4) is 0 Å². The minimum Gasteiger partial charge on any atom is -0.385 e. The van der Waals surface area contributed by atoms with Crippen LogP contribution in [0.3, 0.4) is 0 Å². The molecule has 0 atom stereocenters. The summed E-state index contributed by atoms with van der Waals surface area (Å²) in [6, 6.07) is 0. The number of rotatable bonds is 7. The largest absolute Gasteiger partial charge is 0.385 e. The molecular weight excluding hydrogens is 252 g/mol. The van der Waals surface area contributed by atoms with Crippen LogP contribution < -0.4 is 5.32 Å². The summed E-state index contributed by atoms with van der Waals surface area (Å²) in [5.41, 5.74) is 1.09. The number of ether oxygens (including phenoxy) is 1. The second kappa shape index (κ2) is 7.64. The van der Waals surface area contributed by atoms with E-state index in [1.165, 1.54) is 25.9 Å². The third-order valence-corrected chi connectivity index (χ3v) is 4.00. The summed E-state index contributed by atoms with van der Waals surface area (Å²) < 4.78 is 7.36. The number of nitrogens with one attached hydrogen (secondary N) is 1. The molecule has 5 nitrogen and oxygen atoms in total. The van der Waals surface area contributed by atoms with Gasteiger partial charge in [0, 0.05) is 33.0 Å². The molecule has 20 heavy (non-hydrogen) atoms. The van der Waals surface area contributed by atoms with Crippen LogP contribution in [0.25, 0.3) is 0 Å². The number of anilines is 1. The van der Waals surface area contributed by atoms with E-state index < -0.39 is 0 Å². The average Bonchev–Trinajstić information content (AvgIpc) is 2.77.